The van der Waals surface area contributed by atoms with Crippen molar-refractivity contribution in [2.24, 2.45) is 0 Å². The van der Waals surface area contributed by atoms with E-state index in [4.69, 9.17) is 11.6 Å². The van der Waals surface area contributed by atoms with Crippen LogP contribution in [0.1, 0.15) is 0 Å². The Kier molecular flexibility index (Phi) is 3.51. The number of phenolic OH excluding ortho intramolecular Hbond substituents is 2. The van der Waals surface area contributed by atoms with Crippen molar-refractivity contribution < 1.29 is 10.2 Å². The third-order valence-electron chi connectivity index (χ3n) is 4.06. The molecule has 0 saturated carbocycles. The Hall–Kier alpha value is -3.18. The number of hydrogen-bond acceptors (Lipinski definition) is 3. The first kappa shape index (κ1) is 15.4. The van der Waals surface area contributed by atoms with Crippen molar-refractivity contribution in [3.05, 3.63) is 76.2 Å². The predicted molar refractivity (Wildman–Crippen MR) is 97.7 cm³/mol. The predicted octanol–water partition coefficient (Wildman–Crippen LogP) is 4.05. The number of para-hydroxylation sites is 2. The van der Waals surface area contributed by atoms with E-state index in [1.807, 2.05) is 6.07 Å². The quantitative estimate of drug-likeness (QED) is 0.509. The molecule has 4 aromatic rings. The Labute approximate surface area is 147 Å². The van der Waals surface area contributed by atoms with E-state index >= 15 is 0 Å². The monoisotopic (exact) mass is 352 g/mol. The van der Waals surface area contributed by atoms with E-state index < -0.39 is 0 Å². The van der Waals surface area contributed by atoms with Crippen molar-refractivity contribution >= 4 is 22.6 Å². The minimum Gasteiger partial charge on any atom is -0.507 e. The number of halogens is 1. The number of H-pyrrole nitrogens is 1. The second-order valence-electron chi connectivity index (χ2n) is 5.65. The van der Waals surface area contributed by atoms with Crippen LogP contribution in [-0.4, -0.2) is 19.8 Å². The van der Waals surface area contributed by atoms with Gasteiger partial charge >= 0.3 is 5.69 Å². The topological polar surface area (TPSA) is 78.2 Å². The van der Waals surface area contributed by atoms with E-state index in [-0.39, 0.29) is 22.9 Å². The molecule has 0 spiro atoms. The molecule has 0 aliphatic carbocycles. The van der Waals surface area contributed by atoms with Crippen molar-refractivity contribution in [3.63, 3.8) is 0 Å². The minimum atomic E-state index is -0.376. The number of aromatic hydroxyl groups is 2. The standard InChI is InChI=1S/C19H13ClN2O3/c20-12-5-3-4-11(8-12)13-9-16(18(24)10-17(13)23)22-15-7-2-1-6-14(15)21-19(22)25/h1-10,23-24H,(H,21,25). The van der Waals surface area contributed by atoms with Crippen molar-refractivity contribution in [1.29, 1.82) is 0 Å². The highest BCUT2D eigenvalue weighted by atomic mass is 35.5. The first-order valence-electron chi connectivity index (χ1n) is 7.56. The normalized spacial score (nSPS) is 11.1. The smallest absolute Gasteiger partial charge is 0.331 e. The van der Waals surface area contributed by atoms with Crippen LogP contribution in [0.2, 0.25) is 5.02 Å². The molecular weight excluding hydrogens is 340 g/mol. The van der Waals surface area contributed by atoms with Gasteiger partial charge in [0.15, 0.2) is 0 Å². The molecule has 0 aliphatic heterocycles. The molecule has 6 heteroatoms. The zero-order valence-electron chi connectivity index (χ0n) is 12.9. The van der Waals surface area contributed by atoms with Crippen LogP contribution in [0, 0.1) is 0 Å². The minimum absolute atomic E-state index is 0.101. The molecule has 3 aromatic carbocycles. The summed E-state index contributed by atoms with van der Waals surface area (Å²) in [6.07, 6.45) is 0. The number of rotatable bonds is 2. The van der Waals surface area contributed by atoms with Gasteiger partial charge in [0.1, 0.15) is 11.5 Å². The lowest BCUT2D eigenvalue weighted by molar-refractivity contribution is 0.450. The SMILES string of the molecule is O=c1[nH]c2ccccc2n1-c1cc(-c2cccc(Cl)c2)c(O)cc1O. The van der Waals surface area contributed by atoms with Crippen LogP contribution in [-0.2, 0) is 0 Å². The summed E-state index contributed by atoms with van der Waals surface area (Å²) < 4.78 is 1.37. The zero-order chi connectivity index (χ0) is 17.6. The van der Waals surface area contributed by atoms with E-state index in [0.717, 1.165) is 0 Å². The van der Waals surface area contributed by atoms with E-state index in [1.165, 1.54) is 10.6 Å². The zero-order valence-corrected chi connectivity index (χ0v) is 13.7. The molecule has 0 amide bonds. The molecular formula is C19H13ClN2O3. The molecule has 4 rings (SSSR count). The summed E-state index contributed by atoms with van der Waals surface area (Å²) in [5.74, 6) is -0.300. The van der Waals surface area contributed by atoms with Gasteiger partial charge in [-0.25, -0.2) is 4.79 Å². The van der Waals surface area contributed by atoms with Crippen LogP contribution in [0.3, 0.4) is 0 Å². The fourth-order valence-corrected chi connectivity index (χ4v) is 3.12. The van der Waals surface area contributed by atoms with Crippen LogP contribution >= 0.6 is 11.6 Å². The molecule has 124 valence electrons. The Morgan fingerprint density at radius 3 is 2.52 bits per heavy atom. The fourth-order valence-electron chi connectivity index (χ4n) is 2.93. The van der Waals surface area contributed by atoms with E-state index in [9.17, 15) is 15.0 Å². The molecule has 0 fully saturated rings. The summed E-state index contributed by atoms with van der Waals surface area (Å²) in [5.41, 5.74) is 2.33. The lowest BCUT2D eigenvalue weighted by Crippen LogP contribution is -2.14. The van der Waals surface area contributed by atoms with Gasteiger partial charge in [-0.05, 0) is 35.9 Å². The first-order chi connectivity index (χ1) is 12.0. The maximum Gasteiger partial charge on any atom is 0.331 e. The molecule has 5 nitrogen and oxygen atoms in total. The summed E-state index contributed by atoms with van der Waals surface area (Å²) in [4.78, 5) is 15.1. The molecule has 3 N–H and O–H groups in total. The number of aromatic amines is 1. The lowest BCUT2D eigenvalue weighted by atomic mass is 10.0. The average molecular weight is 353 g/mol. The molecule has 1 heterocycles. The molecule has 0 saturated heterocycles. The van der Waals surface area contributed by atoms with Gasteiger partial charge in [0.25, 0.3) is 0 Å². The molecule has 0 bridgehead atoms. The van der Waals surface area contributed by atoms with Crippen LogP contribution in [0.15, 0.2) is 65.5 Å². The number of phenols is 2. The van der Waals surface area contributed by atoms with Crippen molar-refractivity contribution in [2.75, 3.05) is 0 Å². The summed E-state index contributed by atoms with van der Waals surface area (Å²) in [6.45, 7) is 0. The second kappa shape index (κ2) is 5.72. The number of nitrogens with one attached hydrogen (secondary N) is 1. The summed E-state index contributed by atoms with van der Waals surface area (Å²) in [6, 6.07) is 17.0. The number of imidazole rings is 1. The molecule has 1 aromatic heterocycles. The maximum absolute atomic E-state index is 12.4. The van der Waals surface area contributed by atoms with Gasteiger partial charge in [0.05, 0.1) is 16.7 Å². The number of benzene rings is 3. The number of aromatic nitrogens is 2. The van der Waals surface area contributed by atoms with Gasteiger partial charge in [-0.15, -0.1) is 0 Å². The summed E-state index contributed by atoms with van der Waals surface area (Å²) >= 11 is 6.03. The van der Waals surface area contributed by atoms with Crippen LogP contribution in [0.5, 0.6) is 11.5 Å². The third-order valence-corrected chi connectivity index (χ3v) is 4.29. The Morgan fingerprint density at radius 1 is 0.920 bits per heavy atom. The second-order valence-corrected chi connectivity index (χ2v) is 6.09. The number of hydrogen-bond donors (Lipinski definition) is 3. The Balaban J connectivity index is 2.01. The first-order valence-corrected chi connectivity index (χ1v) is 7.94. The van der Waals surface area contributed by atoms with Crippen molar-refractivity contribution in [3.8, 4) is 28.3 Å². The van der Waals surface area contributed by atoms with E-state index in [2.05, 4.69) is 4.98 Å². The highest BCUT2D eigenvalue weighted by molar-refractivity contribution is 6.30. The van der Waals surface area contributed by atoms with Crippen LogP contribution < -0.4 is 5.69 Å². The van der Waals surface area contributed by atoms with Gasteiger partial charge in [-0.3, -0.25) is 4.57 Å². The van der Waals surface area contributed by atoms with Gasteiger partial charge < -0.3 is 15.2 Å². The molecule has 0 radical (unpaired) electrons. The Bertz CT molecular complexity index is 1160. The van der Waals surface area contributed by atoms with Gasteiger partial charge in [0.2, 0.25) is 0 Å². The molecule has 25 heavy (non-hydrogen) atoms. The number of fused-ring (bicyclic) bond motifs is 1. The molecule has 0 atom stereocenters. The average Bonchev–Trinajstić information content (AvgIpc) is 2.91. The van der Waals surface area contributed by atoms with Gasteiger partial charge in [-0.1, -0.05) is 35.9 Å². The fraction of sp³-hybridized carbons (Fsp3) is 0. The third kappa shape index (κ3) is 2.55. The largest absolute Gasteiger partial charge is 0.507 e. The molecule has 0 unspecified atom stereocenters. The lowest BCUT2D eigenvalue weighted by Gasteiger charge is -2.12. The van der Waals surface area contributed by atoms with E-state index in [0.29, 0.717) is 27.2 Å². The van der Waals surface area contributed by atoms with Crippen molar-refractivity contribution in [1.82, 2.24) is 9.55 Å². The van der Waals surface area contributed by atoms with Gasteiger partial charge in [0, 0.05) is 16.7 Å². The molecule has 0 aliphatic rings. The number of nitrogens with zero attached hydrogens (tertiary/aromatic N) is 1. The van der Waals surface area contributed by atoms with E-state index in [1.54, 1.807) is 48.5 Å². The summed E-state index contributed by atoms with van der Waals surface area (Å²) in [7, 11) is 0. The summed E-state index contributed by atoms with van der Waals surface area (Å²) in [5, 5.41) is 21.1. The van der Waals surface area contributed by atoms with Gasteiger partial charge in [-0.2, -0.15) is 0 Å². The van der Waals surface area contributed by atoms with Crippen LogP contribution in [0.4, 0.5) is 0 Å². The highest BCUT2D eigenvalue weighted by Crippen LogP contribution is 2.37. The highest BCUT2D eigenvalue weighted by Gasteiger charge is 2.16. The van der Waals surface area contributed by atoms with Crippen molar-refractivity contribution in [2.45, 2.75) is 0 Å². The Morgan fingerprint density at radius 2 is 1.72 bits per heavy atom. The maximum atomic E-state index is 12.4. The van der Waals surface area contributed by atoms with Crippen LogP contribution in [0.25, 0.3) is 27.8 Å².